The van der Waals surface area contributed by atoms with Crippen LogP contribution in [0.5, 0.6) is 0 Å². The highest BCUT2D eigenvalue weighted by molar-refractivity contribution is 5.82. The molecule has 1 heterocycles. The Morgan fingerprint density at radius 1 is 1.42 bits per heavy atom. The molecule has 102 valence electrons. The molecular weight excluding hydrogens is 238 g/mol. The van der Waals surface area contributed by atoms with E-state index >= 15 is 0 Å². The maximum Gasteiger partial charge on any atom is 0.226 e. The number of rotatable bonds is 4. The maximum atomic E-state index is 12.1. The van der Waals surface area contributed by atoms with Gasteiger partial charge in [0.1, 0.15) is 5.82 Å². The molecule has 0 radical (unpaired) electrons. The van der Waals surface area contributed by atoms with E-state index in [-0.39, 0.29) is 17.4 Å². The number of benzene rings is 1. The number of aromatic nitrogens is 2. The van der Waals surface area contributed by atoms with Gasteiger partial charge in [0, 0.05) is 5.41 Å². The molecule has 4 nitrogen and oxygen atoms in total. The van der Waals surface area contributed by atoms with Crippen molar-refractivity contribution < 1.29 is 4.79 Å². The summed E-state index contributed by atoms with van der Waals surface area (Å²) in [5.41, 5.74) is 1.57. The van der Waals surface area contributed by atoms with Crippen LogP contribution in [-0.2, 0) is 4.79 Å². The number of hydrogen-bond acceptors (Lipinski definition) is 2. The van der Waals surface area contributed by atoms with Crippen LogP contribution in [0.3, 0.4) is 0 Å². The summed E-state index contributed by atoms with van der Waals surface area (Å²) >= 11 is 0. The predicted octanol–water partition coefficient (Wildman–Crippen LogP) is 3.18. The summed E-state index contributed by atoms with van der Waals surface area (Å²) in [6, 6.07) is 7.74. The van der Waals surface area contributed by atoms with Crippen molar-refractivity contribution in [1.29, 1.82) is 0 Å². The number of hydrogen-bond donors (Lipinski definition) is 2. The second-order valence-corrected chi connectivity index (χ2v) is 5.57. The summed E-state index contributed by atoms with van der Waals surface area (Å²) < 4.78 is 0. The smallest absolute Gasteiger partial charge is 0.226 e. The zero-order valence-corrected chi connectivity index (χ0v) is 11.9. The molecule has 1 amide bonds. The molecule has 0 fully saturated rings. The molecule has 2 rings (SSSR count). The molecular formula is C15H21N3O. The quantitative estimate of drug-likeness (QED) is 0.886. The Hall–Kier alpha value is -1.84. The van der Waals surface area contributed by atoms with Gasteiger partial charge in [-0.2, -0.15) is 0 Å². The van der Waals surface area contributed by atoms with Crippen molar-refractivity contribution in [2.75, 3.05) is 0 Å². The summed E-state index contributed by atoms with van der Waals surface area (Å²) in [6.45, 7) is 7.87. The molecule has 1 aromatic carbocycles. The Balaban J connectivity index is 2.16. The van der Waals surface area contributed by atoms with Crippen molar-refractivity contribution in [3.05, 3.63) is 30.1 Å². The first-order valence-electron chi connectivity index (χ1n) is 6.69. The standard InChI is InChI=1S/C15H21N3O/c1-5-15(3,4)14(19)16-10(2)13-17-11-8-6-7-9-12(11)18-13/h6-10H,5H2,1-4H3,(H,16,19)(H,17,18). The molecule has 0 aliphatic carbocycles. The van der Waals surface area contributed by atoms with Crippen molar-refractivity contribution in [2.24, 2.45) is 5.41 Å². The minimum atomic E-state index is -0.347. The van der Waals surface area contributed by atoms with Gasteiger partial charge in [-0.1, -0.05) is 32.9 Å². The number of carbonyl (C=O) groups is 1. The number of para-hydroxylation sites is 2. The third kappa shape index (κ3) is 2.78. The number of imidazole rings is 1. The van der Waals surface area contributed by atoms with E-state index in [2.05, 4.69) is 15.3 Å². The fourth-order valence-electron chi connectivity index (χ4n) is 1.80. The van der Waals surface area contributed by atoms with Gasteiger partial charge < -0.3 is 10.3 Å². The monoisotopic (exact) mass is 259 g/mol. The summed E-state index contributed by atoms with van der Waals surface area (Å²) in [6.07, 6.45) is 0.811. The summed E-state index contributed by atoms with van der Waals surface area (Å²) in [7, 11) is 0. The van der Waals surface area contributed by atoms with Gasteiger partial charge in [0.2, 0.25) is 5.91 Å². The fraction of sp³-hybridized carbons (Fsp3) is 0.467. The first-order valence-corrected chi connectivity index (χ1v) is 6.69. The zero-order chi connectivity index (χ0) is 14.0. The summed E-state index contributed by atoms with van der Waals surface area (Å²) in [5, 5.41) is 3.02. The van der Waals surface area contributed by atoms with Gasteiger partial charge in [0.05, 0.1) is 17.1 Å². The van der Waals surface area contributed by atoms with Crippen molar-refractivity contribution in [3.63, 3.8) is 0 Å². The molecule has 1 atom stereocenters. The lowest BCUT2D eigenvalue weighted by Gasteiger charge is -2.23. The molecule has 0 aliphatic heterocycles. The number of aromatic amines is 1. The van der Waals surface area contributed by atoms with Gasteiger partial charge in [-0.05, 0) is 25.5 Å². The van der Waals surface area contributed by atoms with Crippen molar-refractivity contribution in [1.82, 2.24) is 15.3 Å². The molecule has 0 spiro atoms. The minimum absolute atomic E-state index is 0.0583. The van der Waals surface area contributed by atoms with Gasteiger partial charge in [-0.25, -0.2) is 4.98 Å². The maximum absolute atomic E-state index is 12.1. The molecule has 0 saturated heterocycles. The van der Waals surface area contributed by atoms with E-state index in [1.165, 1.54) is 0 Å². The highest BCUT2D eigenvalue weighted by atomic mass is 16.2. The van der Waals surface area contributed by atoms with Crippen LogP contribution in [0.4, 0.5) is 0 Å². The largest absolute Gasteiger partial charge is 0.346 e. The Morgan fingerprint density at radius 3 is 2.74 bits per heavy atom. The van der Waals surface area contributed by atoms with Gasteiger partial charge in [0.25, 0.3) is 0 Å². The first kappa shape index (κ1) is 13.6. The second kappa shape index (κ2) is 5.03. The molecule has 0 aliphatic rings. The number of nitrogens with one attached hydrogen (secondary N) is 2. The van der Waals surface area contributed by atoms with Crippen LogP contribution in [0.25, 0.3) is 11.0 Å². The molecule has 4 heteroatoms. The van der Waals surface area contributed by atoms with E-state index in [9.17, 15) is 4.79 Å². The average Bonchev–Trinajstić information content (AvgIpc) is 2.82. The molecule has 2 N–H and O–H groups in total. The third-order valence-electron chi connectivity index (χ3n) is 3.66. The second-order valence-electron chi connectivity index (χ2n) is 5.57. The lowest BCUT2D eigenvalue weighted by Crippen LogP contribution is -2.38. The van der Waals surface area contributed by atoms with Crippen LogP contribution in [-0.4, -0.2) is 15.9 Å². The molecule has 1 unspecified atom stereocenters. The van der Waals surface area contributed by atoms with Crippen molar-refractivity contribution >= 4 is 16.9 Å². The van der Waals surface area contributed by atoms with Crippen LogP contribution in [0.1, 0.15) is 46.0 Å². The Kier molecular flexibility index (Phi) is 3.60. The van der Waals surface area contributed by atoms with E-state index in [0.29, 0.717) is 0 Å². The van der Waals surface area contributed by atoms with Crippen LogP contribution < -0.4 is 5.32 Å². The summed E-state index contributed by atoms with van der Waals surface area (Å²) in [5.74, 6) is 0.851. The topological polar surface area (TPSA) is 57.8 Å². The number of fused-ring (bicyclic) bond motifs is 1. The Bertz CT molecular complexity index is 553. The van der Waals surface area contributed by atoms with Gasteiger partial charge >= 0.3 is 0 Å². The lowest BCUT2D eigenvalue weighted by atomic mass is 9.89. The van der Waals surface area contributed by atoms with Crippen LogP contribution in [0.2, 0.25) is 0 Å². The number of nitrogens with zero attached hydrogens (tertiary/aromatic N) is 1. The average molecular weight is 259 g/mol. The van der Waals surface area contributed by atoms with E-state index in [1.54, 1.807) is 0 Å². The highest BCUT2D eigenvalue weighted by Crippen LogP contribution is 2.22. The molecule has 1 aromatic heterocycles. The van der Waals surface area contributed by atoms with Crippen molar-refractivity contribution in [3.8, 4) is 0 Å². The molecule has 0 bridgehead atoms. The Morgan fingerprint density at radius 2 is 2.11 bits per heavy atom. The molecule has 19 heavy (non-hydrogen) atoms. The number of amides is 1. The molecule has 0 saturated carbocycles. The van der Waals surface area contributed by atoms with E-state index in [4.69, 9.17) is 0 Å². The van der Waals surface area contributed by atoms with Crippen molar-refractivity contribution in [2.45, 2.75) is 40.2 Å². The van der Waals surface area contributed by atoms with E-state index < -0.39 is 0 Å². The SMILES string of the molecule is CCC(C)(C)C(=O)NC(C)c1nc2ccccc2[nH]1. The van der Waals surface area contributed by atoms with Gasteiger partial charge in [-0.3, -0.25) is 4.79 Å². The van der Waals surface area contributed by atoms with E-state index in [1.807, 2.05) is 52.0 Å². The minimum Gasteiger partial charge on any atom is -0.346 e. The fourth-order valence-corrected chi connectivity index (χ4v) is 1.80. The van der Waals surface area contributed by atoms with Gasteiger partial charge in [-0.15, -0.1) is 0 Å². The zero-order valence-electron chi connectivity index (χ0n) is 11.9. The van der Waals surface area contributed by atoms with Crippen LogP contribution in [0.15, 0.2) is 24.3 Å². The third-order valence-corrected chi connectivity index (χ3v) is 3.66. The lowest BCUT2D eigenvalue weighted by molar-refractivity contribution is -0.130. The number of H-pyrrole nitrogens is 1. The molecule has 2 aromatic rings. The number of carbonyl (C=O) groups excluding carboxylic acids is 1. The first-order chi connectivity index (χ1) is 8.94. The Labute approximate surface area is 113 Å². The normalized spacial score (nSPS) is 13.5. The predicted molar refractivity (Wildman–Crippen MR) is 76.7 cm³/mol. The highest BCUT2D eigenvalue weighted by Gasteiger charge is 2.27. The van der Waals surface area contributed by atoms with E-state index in [0.717, 1.165) is 23.3 Å². The van der Waals surface area contributed by atoms with Crippen LogP contribution in [0, 0.1) is 5.41 Å². The van der Waals surface area contributed by atoms with Crippen LogP contribution >= 0.6 is 0 Å². The van der Waals surface area contributed by atoms with Gasteiger partial charge in [0.15, 0.2) is 0 Å². The summed E-state index contributed by atoms with van der Waals surface area (Å²) in [4.78, 5) is 19.9.